The van der Waals surface area contributed by atoms with Gasteiger partial charge in [-0.15, -0.1) is 5.10 Å². The first kappa shape index (κ1) is 15.1. The summed E-state index contributed by atoms with van der Waals surface area (Å²) in [6, 6.07) is 17.2. The van der Waals surface area contributed by atoms with Gasteiger partial charge in [-0.25, -0.2) is 0 Å². The van der Waals surface area contributed by atoms with Gasteiger partial charge in [0.05, 0.1) is 18.7 Å². The molecule has 3 aromatic rings. The van der Waals surface area contributed by atoms with E-state index in [-0.39, 0.29) is 0 Å². The predicted octanol–water partition coefficient (Wildman–Crippen LogP) is 2.83. The van der Waals surface area contributed by atoms with Gasteiger partial charge in [0, 0.05) is 5.75 Å². The van der Waals surface area contributed by atoms with Crippen molar-refractivity contribution in [2.24, 2.45) is 0 Å². The highest BCUT2D eigenvalue weighted by molar-refractivity contribution is 7.98. The summed E-state index contributed by atoms with van der Waals surface area (Å²) in [4.78, 5) is 0. The van der Waals surface area contributed by atoms with Crippen LogP contribution in [0.3, 0.4) is 0 Å². The lowest BCUT2D eigenvalue weighted by atomic mass is 10.1. The number of methoxy groups -OCH3 is 1. The van der Waals surface area contributed by atoms with Crippen molar-refractivity contribution in [3.8, 4) is 17.5 Å². The van der Waals surface area contributed by atoms with Crippen LogP contribution < -0.4 is 4.74 Å². The standard InChI is InChI=1S/C16H13N5OS/c1-22-15-9-5-4-8-14(15)21-16(18-19-20-21)23-11-13-7-3-2-6-12(13)10-17/h2-9H,11H2,1H3. The highest BCUT2D eigenvalue weighted by Gasteiger charge is 2.13. The first-order chi connectivity index (χ1) is 11.3. The number of nitrogens with zero attached hydrogens (tertiary/aromatic N) is 5. The molecule has 114 valence electrons. The van der Waals surface area contributed by atoms with Crippen LogP contribution in [0, 0.1) is 11.3 Å². The summed E-state index contributed by atoms with van der Waals surface area (Å²) >= 11 is 1.47. The Hall–Kier alpha value is -2.85. The molecule has 0 aliphatic carbocycles. The molecular formula is C16H13N5OS. The van der Waals surface area contributed by atoms with Gasteiger partial charge in [0.25, 0.3) is 0 Å². The Balaban J connectivity index is 1.86. The van der Waals surface area contributed by atoms with Crippen LogP contribution in [0.2, 0.25) is 0 Å². The zero-order valence-electron chi connectivity index (χ0n) is 12.4. The van der Waals surface area contributed by atoms with E-state index in [0.717, 1.165) is 11.3 Å². The van der Waals surface area contributed by atoms with Crippen LogP contribution in [0.4, 0.5) is 0 Å². The summed E-state index contributed by atoms with van der Waals surface area (Å²) < 4.78 is 6.99. The quantitative estimate of drug-likeness (QED) is 0.672. The highest BCUT2D eigenvalue weighted by Crippen LogP contribution is 2.27. The number of benzene rings is 2. The van der Waals surface area contributed by atoms with Crippen molar-refractivity contribution in [1.82, 2.24) is 20.2 Å². The lowest BCUT2D eigenvalue weighted by Gasteiger charge is -2.09. The SMILES string of the molecule is COc1ccccc1-n1nnnc1SCc1ccccc1C#N. The van der Waals surface area contributed by atoms with Gasteiger partial charge in [0.15, 0.2) is 0 Å². The molecule has 0 fully saturated rings. The van der Waals surface area contributed by atoms with Gasteiger partial charge in [0.1, 0.15) is 11.4 Å². The lowest BCUT2D eigenvalue weighted by molar-refractivity contribution is 0.410. The molecule has 7 heteroatoms. The fourth-order valence-corrected chi connectivity index (χ4v) is 3.01. The molecule has 0 saturated heterocycles. The second-order valence-corrected chi connectivity index (χ2v) is 5.55. The fourth-order valence-electron chi connectivity index (χ4n) is 2.12. The zero-order chi connectivity index (χ0) is 16.1. The van der Waals surface area contributed by atoms with Crippen LogP contribution in [-0.4, -0.2) is 27.3 Å². The Kier molecular flexibility index (Phi) is 4.54. The van der Waals surface area contributed by atoms with Crippen molar-refractivity contribution in [1.29, 1.82) is 5.26 Å². The summed E-state index contributed by atoms with van der Waals surface area (Å²) in [5, 5.41) is 21.7. The lowest BCUT2D eigenvalue weighted by Crippen LogP contribution is -2.02. The molecule has 6 nitrogen and oxygen atoms in total. The normalized spacial score (nSPS) is 10.3. The number of hydrogen-bond donors (Lipinski definition) is 0. The monoisotopic (exact) mass is 323 g/mol. The van der Waals surface area contributed by atoms with E-state index in [1.807, 2.05) is 42.5 Å². The van der Waals surface area contributed by atoms with Crippen LogP contribution in [0.5, 0.6) is 5.75 Å². The smallest absolute Gasteiger partial charge is 0.214 e. The Morgan fingerprint density at radius 2 is 1.96 bits per heavy atom. The topological polar surface area (TPSA) is 76.6 Å². The molecule has 0 saturated carbocycles. The molecule has 0 aliphatic rings. The van der Waals surface area contributed by atoms with Crippen LogP contribution in [-0.2, 0) is 5.75 Å². The Morgan fingerprint density at radius 1 is 1.17 bits per heavy atom. The van der Waals surface area contributed by atoms with E-state index < -0.39 is 0 Å². The molecule has 1 heterocycles. The first-order valence-corrected chi connectivity index (χ1v) is 7.84. The molecule has 0 atom stereocenters. The maximum Gasteiger partial charge on any atom is 0.214 e. The number of hydrogen-bond acceptors (Lipinski definition) is 6. The number of aromatic nitrogens is 4. The number of tetrazole rings is 1. The van der Waals surface area contributed by atoms with Gasteiger partial charge in [-0.2, -0.15) is 9.94 Å². The van der Waals surface area contributed by atoms with Gasteiger partial charge < -0.3 is 4.74 Å². The molecule has 1 aromatic heterocycles. The molecule has 23 heavy (non-hydrogen) atoms. The van der Waals surface area contributed by atoms with Crippen molar-refractivity contribution in [3.05, 3.63) is 59.7 Å². The van der Waals surface area contributed by atoms with Crippen molar-refractivity contribution in [3.63, 3.8) is 0 Å². The molecule has 0 radical (unpaired) electrons. The van der Waals surface area contributed by atoms with E-state index in [1.165, 1.54) is 11.8 Å². The predicted molar refractivity (Wildman–Crippen MR) is 86.4 cm³/mol. The number of thioether (sulfide) groups is 1. The maximum atomic E-state index is 9.16. The maximum absolute atomic E-state index is 9.16. The van der Waals surface area contributed by atoms with Crippen molar-refractivity contribution in [2.45, 2.75) is 10.9 Å². The first-order valence-electron chi connectivity index (χ1n) is 6.86. The van der Waals surface area contributed by atoms with E-state index in [1.54, 1.807) is 17.9 Å². The summed E-state index contributed by atoms with van der Waals surface area (Å²) in [5.41, 5.74) is 2.39. The summed E-state index contributed by atoms with van der Waals surface area (Å²) in [5.74, 6) is 1.30. The summed E-state index contributed by atoms with van der Waals surface area (Å²) in [6.45, 7) is 0. The van der Waals surface area contributed by atoms with E-state index in [9.17, 15) is 0 Å². The average molecular weight is 323 g/mol. The molecule has 0 bridgehead atoms. The van der Waals surface area contributed by atoms with E-state index >= 15 is 0 Å². The molecule has 0 unspecified atom stereocenters. The molecule has 0 N–H and O–H groups in total. The number of rotatable bonds is 5. The van der Waals surface area contributed by atoms with E-state index in [4.69, 9.17) is 10.00 Å². The van der Waals surface area contributed by atoms with Crippen molar-refractivity contribution >= 4 is 11.8 Å². The molecule has 3 rings (SSSR count). The number of para-hydroxylation sites is 2. The number of ether oxygens (including phenoxy) is 1. The Labute approximate surface area is 137 Å². The number of nitriles is 1. The minimum atomic E-state index is 0.610. The van der Waals surface area contributed by atoms with Crippen LogP contribution in [0.25, 0.3) is 5.69 Å². The highest BCUT2D eigenvalue weighted by atomic mass is 32.2. The molecule has 2 aromatic carbocycles. The van der Waals surface area contributed by atoms with Gasteiger partial charge >= 0.3 is 0 Å². The third kappa shape index (κ3) is 3.17. The van der Waals surface area contributed by atoms with Gasteiger partial charge in [0.2, 0.25) is 5.16 Å². The second kappa shape index (κ2) is 6.94. The third-order valence-electron chi connectivity index (χ3n) is 3.25. The minimum Gasteiger partial charge on any atom is -0.494 e. The van der Waals surface area contributed by atoms with Crippen molar-refractivity contribution in [2.75, 3.05) is 7.11 Å². The van der Waals surface area contributed by atoms with Gasteiger partial charge in [-0.1, -0.05) is 42.1 Å². The van der Waals surface area contributed by atoms with E-state index in [2.05, 4.69) is 21.6 Å². The fraction of sp³-hybridized carbons (Fsp3) is 0.125. The Bertz CT molecular complexity index is 855. The summed E-state index contributed by atoms with van der Waals surface area (Å²) in [7, 11) is 1.61. The van der Waals surface area contributed by atoms with Crippen LogP contribution in [0.1, 0.15) is 11.1 Å². The molecule has 0 spiro atoms. The minimum absolute atomic E-state index is 0.610. The van der Waals surface area contributed by atoms with E-state index in [0.29, 0.717) is 22.2 Å². The largest absolute Gasteiger partial charge is 0.494 e. The molecular weight excluding hydrogens is 310 g/mol. The molecule has 0 aliphatic heterocycles. The Morgan fingerprint density at radius 3 is 2.78 bits per heavy atom. The summed E-state index contributed by atoms with van der Waals surface area (Å²) in [6.07, 6.45) is 0. The second-order valence-electron chi connectivity index (χ2n) is 4.60. The molecule has 0 amide bonds. The van der Waals surface area contributed by atoms with Crippen LogP contribution >= 0.6 is 11.8 Å². The van der Waals surface area contributed by atoms with Gasteiger partial charge in [-0.3, -0.25) is 0 Å². The average Bonchev–Trinajstić information content (AvgIpc) is 3.08. The van der Waals surface area contributed by atoms with Gasteiger partial charge in [-0.05, 0) is 34.2 Å². The van der Waals surface area contributed by atoms with Crippen molar-refractivity contribution < 1.29 is 4.74 Å². The third-order valence-corrected chi connectivity index (χ3v) is 4.22. The van der Waals surface area contributed by atoms with Crippen LogP contribution in [0.15, 0.2) is 53.7 Å². The zero-order valence-corrected chi connectivity index (χ0v) is 13.2.